The largest absolute Gasteiger partial charge is 0.489 e. The lowest BCUT2D eigenvalue weighted by molar-refractivity contribution is 0.362. The van der Waals surface area contributed by atoms with Crippen molar-refractivity contribution in [1.29, 1.82) is 10.5 Å². The topological polar surface area (TPSA) is 112 Å². The summed E-state index contributed by atoms with van der Waals surface area (Å²) >= 11 is 0. The summed E-state index contributed by atoms with van der Waals surface area (Å²) in [5.74, 6) is 0.677. The van der Waals surface area contributed by atoms with E-state index in [4.69, 9.17) is 15.7 Å². The number of H-pyrrole nitrogens is 1. The van der Waals surface area contributed by atoms with Gasteiger partial charge in [-0.3, -0.25) is 5.10 Å². The molecule has 6 heteroatoms. The number of ether oxygens (including phenoxy) is 1. The summed E-state index contributed by atoms with van der Waals surface area (Å²) in [6.07, 6.45) is 3.25. The Labute approximate surface area is 127 Å². The van der Waals surface area contributed by atoms with Gasteiger partial charge in [-0.25, -0.2) is 0 Å². The van der Waals surface area contributed by atoms with E-state index in [1.54, 1.807) is 18.2 Å². The maximum atomic E-state index is 9.36. The van der Waals surface area contributed by atoms with Gasteiger partial charge in [-0.05, 0) is 12.1 Å². The first kappa shape index (κ1) is 14.9. The number of nitrogens with zero attached hydrogens (tertiary/aromatic N) is 3. The summed E-state index contributed by atoms with van der Waals surface area (Å²) < 4.78 is 5.54. The number of anilines is 1. The summed E-state index contributed by atoms with van der Waals surface area (Å²) in [5, 5.41) is 24.8. The first-order chi connectivity index (χ1) is 10.7. The number of rotatable bonds is 5. The Morgan fingerprint density at radius 1 is 1.41 bits per heavy atom. The second-order valence-corrected chi connectivity index (χ2v) is 4.28. The lowest BCUT2D eigenvalue weighted by Gasteiger charge is -2.07. The molecule has 0 saturated heterocycles. The number of benzene rings is 1. The van der Waals surface area contributed by atoms with Crippen molar-refractivity contribution >= 4 is 17.5 Å². The van der Waals surface area contributed by atoms with E-state index in [-0.39, 0.29) is 17.0 Å². The molecule has 0 atom stereocenters. The van der Waals surface area contributed by atoms with Crippen molar-refractivity contribution in [3.05, 3.63) is 53.7 Å². The molecule has 0 aliphatic rings. The average Bonchev–Trinajstić information content (AvgIpc) is 2.92. The van der Waals surface area contributed by atoms with Crippen LogP contribution in [0.2, 0.25) is 0 Å². The van der Waals surface area contributed by atoms with E-state index in [0.717, 1.165) is 0 Å². The minimum absolute atomic E-state index is 0.0647. The van der Waals surface area contributed by atoms with Crippen molar-refractivity contribution in [2.45, 2.75) is 0 Å². The smallest absolute Gasteiger partial charge is 0.163 e. The van der Waals surface area contributed by atoms with E-state index < -0.39 is 0 Å². The van der Waals surface area contributed by atoms with Gasteiger partial charge in [0.15, 0.2) is 5.82 Å². The van der Waals surface area contributed by atoms with E-state index in [1.165, 1.54) is 0 Å². The standard InChI is InChI=1S/C16H13N5O/c1-2-7-22-14-6-4-3-5-11(14)8-12(9-17)15-13(10-18)16(19)21-20-15/h2-6,8H,1,7H2,(H3,19,20,21). The summed E-state index contributed by atoms with van der Waals surface area (Å²) in [6, 6.07) is 11.2. The van der Waals surface area contributed by atoms with Crippen LogP contribution in [0.4, 0.5) is 5.82 Å². The van der Waals surface area contributed by atoms with Crippen LogP contribution in [-0.4, -0.2) is 16.8 Å². The van der Waals surface area contributed by atoms with Gasteiger partial charge in [0, 0.05) is 5.56 Å². The van der Waals surface area contributed by atoms with Gasteiger partial charge in [0.2, 0.25) is 0 Å². The highest BCUT2D eigenvalue weighted by molar-refractivity contribution is 5.92. The Morgan fingerprint density at radius 2 is 2.18 bits per heavy atom. The Morgan fingerprint density at radius 3 is 2.86 bits per heavy atom. The summed E-state index contributed by atoms with van der Waals surface area (Å²) in [7, 11) is 0. The van der Waals surface area contributed by atoms with Crippen LogP contribution in [0.3, 0.4) is 0 Å². The molecule has 3 N–H and O–H groups in total. The Kier molecular flexibility index (Phi) is 4.59. The zero-order valence-electron chi connectivity index (χ0n) is 11.7. The monoisotopic (exact) mass is 291 g/mol. The van der Waals surface area contributed by atoms with Gasteiger partial charge in [0.1, 0.15) is 30.1 Å². The van der Waals surface area contributed by atoms with Gasteiger partial charge in [0.25, 0.3) is 0 Å². The fourth-order valence-corrected chi connectivity index (χ4v) is 1.86. The Balaban J connectivity index is 2.48. The lowest BCUT2D eigenvalue weighted by atomic mass is 10.1. The average molecular weight is 291 g/mol. The van der Waals surface area contributed by atoms with Gasteiger partial charge >= 0.3 is 0 Å². The molecular weight excluding hydrogens is 278 g/mol. The van der Waals surface area contributed by atoms with E-state index in [9.17, 15) is 5.26 Å². The van der Waals surface area contributed by atoms with Gasteiger partial charge in [-0.15, -0.1) is 0 Å². The molecular formula is C16H13N5O. The molecule has 0 amide bonds. The second-order valence-electron chi connectivity index (χ2n) is 4.28. The van der Waals surface area contributed by atoms with Gasteiger partial charge in [-0.1, -0.05) is 30.9 Å². The molecule has 0 spiro atoms. The first-order valence-corrected chi connectivity index (χ1v) is 6.40. The van der Waals surface area contributed by atoms with Crippen molar-refractivity contribution in [2.24, 2.45) is 0 Å². The number of para-hydroxylation sites is 1. The molecule has 0 bridgehead atoms. The first-order valence-electron chi connectivity index (χ1n) is 6.40. The zero-order chi connectivity index (χ0) is 15.9. The maximum absolute atomic E-state index is 9.36. The van der Waals surface area contributed by atoms with Crippen molar-refractivity contribution in [2.75, 3.05) is 12.3 Å². The number of allylic oxidation sites excluding steroid dienone is 1. The minimum Gasteiger partial charge on any atom is -0.489 e. The van der Waals surface area contributed by atoms with Crippen LogP contribution < -0.4 is 10.5 Å². The van der Waals surface area contributed by atoms with Gasteiger partial charge in [-0.2, -0.15) is 15.6 Å². The van der Waals surface area contributed by atoms with Crippen LogP contribution in [-0.2, 0) is 0 Å². The molecule has 0 aliphatic carbocycles. The molecule has 6 nitrogen and oxygen atoms in total. The minimum atomic E-state index is 0.0647. The Bertz CT molecular complexity index is 805. The number of nitriles is 2. The molecule has 0 aliphatic heterocycles. The van der Waals surface area contributed by atoms with Crippen molar-refractivity contribution in [1.82, 2.24) is 10.2 Å². The molecule has 2 rings (SSSR count). The van der Waals surface area contributed by atoms with E-state index in [1.807, 2.05) is 30.3 Å². The van der Waals surface area contributed by atoms with Crippen LogP contribution >= 0.6 is 0 Å². The SMILES string of the molecule is C=CCOc1ccccc1C=C(C#N)c1[nH]nc(N)c1C#N. The highest BCUT2D eigenvalue weighted by Gasteiger charge is 2.15. The predicted molar refractivity (Wildman–Crippen MR) is 83.3 cm³/mol. The van der Waals surface area contributed by atoms with E-state index in [2.05, 4.69) is 16.8 Å². The molecule has 0 unspecified atom stereocenters. The highest BCUT2D eigenvalue weighted by Crippen LogP contribution is 2.26. The molecule has 108 valence electrons. The predicted octanol–water partition coefficient (Wildman–Crippen LogP) is 2.49. The molecule has 0 saturated carbocycles. The summed E-state index contributed by atoms with van der Waals surface area (Å²) in [6.45, 7) is 3.95. The van der Waals surface area contributed by atoms with E-state index >= 15 is 0 Å². The molecule has 1 heterocycles. The fourth-order valence-electron chi connectivity index (χ4n) is 1.86. The number of nitrogens with one attached hydrogen (secondary N) is 1. The third-order valence-corrected chi connectivity index (χ3v) is 2.87. The number of nitrogen functional groups attached to an aromatic ring is 1. The molecule has 2 aromatic rings. The number of aromatic nitrogens is 2. The van der Waals surface area contributed by atoms with Crippen LogP contribution in [0.1, 0.15) is 16.8 Å². The van der Waals surface area contributed by atoms with Gasteiger partial charge in [0.05, 0.1) is 11.3 Å². The fraction of sp³-hybridized carbons (Fsp3) is 0.0625. The molecule has 1 aromatic heterocycles. The molecule has 1 aromatic carbocycles. The summed E-state index contributed by atoms with van der Waals surface area (Å²) in [5.41, 5.74) is 6.99. The maximum Gasteiger partial charge on any atom is 0.163 e. The van der Waals surface area contributed by atoms with Crippen LogP contribution in [0.25, 0.3) is 11.6 Å². The molecule has 22 heavy (non-hydrogen) atoms. The normalized spacial score (nSPS) is 10.5. The lowest BCUT2D eigenvalue weighted by Crippen LogP contribution is -1.95. The number of hydrogen-bond acceptors (Lipinski definition) is 5. The molecule has 0 fully saturated rings. The van der Waals surface area contributed by atoms with Crippen molar-refractivity contribution in [3.63, 3.8) is 0 Å². The Hall–Kier alpha value is -3.51. The third kappa shape index (κ3) is 2.97. The van der Waals surface area contributed by atoms with E-state index in [0.29, 0.717) is 23.6 Å². The van der Waals surface area contributed by atoms with Crippen LogP contribution in [0.5, 0.6) is 5.75 Å². The third-order valence-electron chi connectivity index (χ3n) is 2.87. The van der Waals surface area contributed by atoms with Crippen molar-refractivity contribution < 1.29 is 4.74 Å². The number of hydrogen-bond donors (Lipinski definition) is 2. The van der Waals surface area contributed by atoms with Crippen molar-refractivity contribution in [3.8, 4) is 17.9 Å². The van der Waals surface area contributed by atoms with Crippen LogP contribution in [0, 0.1) is 22.7 Å². The van der Waals surface area contributed by atoms with Crippen LogP contribution in [0.15, 0.2) is 36.9 Å². The summed E-state index contributed by atoms with van der Waals surface area (Å²) in [4.78, 5) is 0. The van der Waals surface area contributed by atoms with Gasteiger partial charge < -0.3 is 10.5 Å². The second kappa shape index (κ2) is 6.78. The quantitative estimate of drug-likeness (QED) is 0.649. The number of nitrogens with two attached hydrogens (primary N) is 1. The number of aromatic amines is 1. The molecule has 0 radical (unpaired) electrons. The highest BCUT2D eigenvalue weighted by atomic mass is 16.5. The zero-order valence-corrected chi connectivity index (χ0v) is 11.7.